The van der Waals surface area contributed by atoms with Crippen molar-refractivity contribution in [1.82, 2.24) is 0 Å². The molecule has 2 heteroatoms. The summed E-state index contributed by atoms with van der Waals surface area (Å²) in [5.41, 5.74) is 0. The average molecular weight is 507 g/mol. The highest BCUT2D eigenvalue weighted by Crippen LogP contribution is 2.16. The van der Waals surface area contributed by atoms with Crippen molar-refractivity contribution in [1.29, 1.82) is 0 Å². The van der Waals surface area contributed by atoms with E-state index in [0.717, 1.165) is 44.8 Å². The first-order valence-corrected chi connectivity index (χ1v) is 16.8. The van der Waals surface area contributed by atoms with Gasteiger partial charge in [-0.15, -0.1) is 0 Å². The number of carbonyl (C=O) groups is 2. The van der Waals surface area contributed by atoms with Crippen molar-refractivity contribution >= 4 is 12.1 Å². The molecule has 0 radical (unpaired) electrons. The fourth-order valence-corrected chi connectivity index (χ4v) is 5.31. The Hall–Kier alpha value is -0.660. The molecule has 214 valence electrons. The fourth-order valence-electron chi connectivity index (χ4n) is 5.31. The number of hydrogen-bond donors (Lipinski definition) is 0. The molecule has 0 aliphatic heterocycles. The van der Waals surface area contributed by atoms with E-state index in [1.165, 1.54) is 154 Å². The van der Waals surface area contributed by atoms with Crippen LogP contribution in [-0.2, 0) is 9.59 Å². The van der Waals surface area contributed by atoms with E-state index in [1.54, 1.807) is 0 Å². The lowest BCUT2D eigenvalue weighted by Crippen LogP contribution is -1.97. The molecule has 36 heavy (non-hydrogen) atoms. The molecule has 0 atom stereocenters. The van der Waals surface area contributed by atoms with Crippen molar-refractivity contribution in [2.45, 2.75) is 206 Å². The summed E-state index contributed by atoms with van der Waals surface area (Å²) in [7, 11) is 0. The van der Waals surface area contributed by atoms with E-state index < -0.39 is 0 Å². The zero-order valence-corrected chi connectivity index (χ0v) is 24.8. The van der Waals surface area contributed by atoms with Crippen LogP contribution in [0, 0.1) is 0 Å². The van der Waals surface area contributed by atoms with Gasteiger partial charge in [-0.3, -0.25) is 4.79 Å². The second kappa shape index (κ2) is 32.4. The summed E-state index contributed by atoms with van der Waals surface area (Å²) in [5.74, 6) is 0.426. The standard InChI is InChI=1S/C34H66O2/c1-2-3-4-5-6-7-8-9-10-11-12-13-14-15-16-17-18-19-20-21-22-23-24-25-28-31-34(36)32-29-26-27-30-33-35/h33H,2-32H2,1H3. The second-order valence-corrected chi connectivity index (χ2v) is 11.5. The van der Waals surface area contributed by atoms with Gasteiger partial charge >= 0.3 is 0 Å². The van der Waals surface area contributed by atoms with E-state index in [-0.39, 0.29) is 0 Å². The van der Waals surface area contributed by atoms with Crippen molar-refractivity contribution in [2.75, 3.05) is 0 Å². The monoisotopic (exact) mass is 507 g/mol. The lowest BCUT2D eigenvalue weighted by Gasteiger charge is -2.04. The van der Waals surface area contributed by atoms with Crippen LogP contribution in [0.5, 0.6) is 0 Å². The van der Waals surface area contributed by atoms with Crippen LogP contribution in [0.1, 0.15) is 206 Å². The number of aldehydes is 1. The van der Waals surface area contributed by atoms with Crippen LogP contribution in [0.2, 0.25) is 0 Å². The maximum Gasteiger partial charge on any atom is 0.132 e. The molecule has 0 saturated heterocycles. The first-order valence-electron chi connectivity index (χ1n) is 16.8. The van der Waals surface area contributed by atoms with Crippen molar-refractivity contribution < 1.29 is 9.59 Å². The number of Topliss-reactive ketones (excluding diaryl/α,β-unsaturated/α-hetero) is 1. The minimum absolute atomic E-state index is 0.426. The predicted octanol–water partition coefficient (Wildman–Crippen LogP) is 11.9. The Morgan fingerprint density at radius 3 is 0.917 bits per heavy atom. The molecule has 0 bridgehead atoms. The van der Waals surface area contributed by atoms with Crippen LogP contribution < -0.4 is 0 Å². The van der Waals surface area contributed by atoms with Crippen molar-refractivity contribution in [2.24, 2.45) is 0 Å². The van der Waals surface area contributed by atoms with Crippen molar-refractivity contribution in [3.05, 3.63) is 0 Å². The van der Waals surface area contributed by atoms with Gasteiger partial charge in [0.15, 0.2) is 0 Å². The molecular formula is C34H66O2. The quantitative estimate of drug-likeness (QED) is 0.0671. The molecule has 0 aromatic heterocycles. The van der Waals surface area contributed by atoms with Crippen molar-refractivity contribution in [3.63, 3.8) is 0 Å². The average Bonchev–Trinajstić information content (AvgIpc) is 2.88. The molecule has 0 aliphatic rings. The van der Waals surface area contributed by atoms with Gasteiger partial charge < -0.3 is 4.79 Å². The van der Waals surface area contributed by atoms with Crippen LogP contribution in [0.3, 0.4) is 0 Å². The maximum atomic E-state index is 11.8. The minimum Gasteiger partial charge on any atom is -0.303 e. The molecule has 0 N–H and O–H groups in total. The maximum absolute atomic E-state index is 11.8. The molecule has 0 unspecified atom stereocenters. The molecule has 0 aliphatic carbocycles. The SMILES string of the molecule is CCCCCCCCCCCCCCCCCCCCCCCCCCCC(=O)CCCCCC=O. The number of hydrogen-bond acceptors (Lipinski definition) is 2. The van der Waals surface area contributed by atoms with Crippen LogP contribution in [0.4, 0.5) is 0 Å². The zero-order valence-electron chi connectivity index (χ0n) is 24.8. The molecule has 2 nitrogen and oxygen atoms in total. The van der Waals surface area contributed by atoms with Crippen LogP contribution in [0.25, 0.3) is 0 Å². The van der Waals surface area contributed by atoms with Gasteiger partial charge in [0, 0.05) is 19.3 Å². The molecular weight excluding hydrogens is 440 g/mol. The Balaban J connectivity index is 3.08. The Morgan fingerprint density at radius 1 is 0.389 bits per heavy atom. The highest BCUT2D eigenvalue weighted by atomic mass is 16.1. The van der Waals surface area contributed by atoms with Gasteiger partial charge in [-0.1, -0.05) is 167 Å². The van der Waals surface area contributed by atoms with Gasteiger partial charge in [0.25, 0.3) is 0 Å². The van der Waals surface area contributed by atoms with Gasteiger partial charge in [0.05, 0.1) is 0 Å². The molecule has 0 amide bonds. The molecule has 0 aromatic rings. The first-order chi connectivity index (χ1) is 17.8. The Kier molecular flexibility index (Phi) is 31.8. The van der Waals surface area contributed by atoms with Gasteiger partial charge in [-0.2, -0.15) is 0 Å². The fraction of sp³-hybridized carbons (Fsp3) is 0.941. The molecule has 0 heterocycles. The van der Waals surface area contributed by atoms with Crippen LogP contribution in [-0.4, -0.2) is 12.1 Å². The van der Waals surface area contributed by atoms with E-state index in [0.29, 0.717) is 12.2 Å². The Labute approximate surface area is 227 Å². The molecule has 0 rings (SSSR count). The van der Waals surface area contributed by atoms with E-state index in [4.69, 9.17) is 0 Å². The number of ketones is 1. The van der Waals surface area contributed by atoms with Gasteiger partial charge in [-0.25, -0.2) is 0 Å². The zero-order chi connectivity index (χ0) is 26.2. The minimum atomic E-state index is 0.426. The summed E-state index contributed by atoms with van der Waals surface area (Å²) in [6.45, 7) is 2.30. The second-order valence-electron chi connectivity index (χ2n) is 11.5. The molecule has 0 aromatic carbocycles. The third-order valence-electron chi connectivity index (χ3n) is 7.84. The lowest BCUT2D eigenvalue weighted by atomic mass is 10.0. The lowest BCUT2D eigenvalue weighted by molar-refractivity contribution is -0.119. The summed E-state index contributed by atoms with van der Waals surface area (Å²) in [6, 6.07) is 0. The number of carbonyl (C=O) groups excluding carboxylic acids is 2. The van der Waals surface area contributed by atoms with Gasteiger partial charge in [0.1, 0.15) is 12.1 Å². The highest BCUT2D eigenvalue weighted by Gasteiger charge is 2.02. The number of unbranched alkanes of at least 4 members (excludes halogenated alkanes) is 27. The van der Waals surface area contributed by atoms with Crippen LogP contribution >= 0.6 is 0 Å². The first kappa shape index (κ1) is 35.3. The normalized spacial score (nSPS) is 11.2. The summed E-state index contributed by atoms with van der Waals surface area (Å²) < 4.78 is 0. The van der Waals surface area contributed by atoms with E-state index in [2.05, 4.69) is 6.92 Å². The molecule has 0 spiro atoms. The van der Waals surface area contributed by atoms with E-state index >= 15 is 0 Å². The predicted molar refractivity (Wildman–Crippen MR) is 160 cm³/mol. The summed E-state index contributed by atoms with van der Waals surface area (Å²) in [6.07, 6.45) is 41.3. The Bertz CT molecular complexity index is 431. The summed E-state index contributed by atoms with van der Waals surface area (Å²) in [5, 5.41) is 0. The van der Waals surface area contributed by atoms with E-state index in [9.17, 15) is 9.59 Å². The third-order valence-corrected chi connectivity index (χ3v) is 7.84. The van der Waals surface area contributed by atoms with Gasteiger partial charge in [0.2, 0.25) is 0 Å². The molecule has 0 saturated carbocycles. The highest BCUT2D eigenvalue weighted by molar-refractivity contribution is 5.78. The number of rotatable bonds is 32. The summed E-state index contributed by atoms with van der Waals surface area (Å²) >= 11 is 0. The topological polar surface area (TPSA) is 34.1 Å². The van der Waals surface area contributed by atoms with Gasteiger partial charge in [-0.05, 0) is 19.3 Å². The molecule has 0 fully saturated rings. The summed E-state index contributed by atoms with van der Waals surface area (Å²) in [4.78, 5) is 22.1. The van der Waals surface area contributed by atoms with Crippen molar-refractivity contribution in [3.8, 4) is 0 Å². The largest absolute Gasteiger partial charge is 0.303 e. The Morgan fingerprint density at radius 2 is 0.639 bits per heavy atom. The van der Waals surface area contributed by atoms with Crippen LogP contribution in [0.15, 0.2) is 0 Å². The smallest absolute Gasteiger partial charge is 0.132 e. The third kappa shape index (κ3) is 31.4. The van der Waals surface area contributed by atoms with E-state index in [1.807, 2.05) is 0 Å².